The molecule has 3 radical (unpaired) electrons. The fourth-order valence-electron chi connectivity index (χ4n) is 0. The number of phosphoric acid groups is 1. The van der Waals surface area contributed by atoms with E-state index in [4.69, 9.17) is 19.2 Å². The maximum absolute atomic E-state index is 8.88. The summed E-state index contributed by atoms with van der Waals surface area (Å²) in [6, 6.07) is 0. The van der Waals surface area contributed by atoms with E-state index in [0.717, 1.165) is 0 Å². The zero-order chi connectivity index (χ0) is 4.50. The van der Waals surface area contributed by atoms with Gasteiger partial charge in [0.1, 0.15) is 0 Å². The molecule has 0 aliphatic heterocycles. The fourth-order valence-corrected chi connectivity index (χ4v) is 0. The summed E-state index contributed by atoms with van der Waals surface area (Å²) in [6.07, 6.45) is 0. The van der Waals surface area contributed by atoms with E-state index in [1.165, 1.54) is 0 Å². The van der Waals surface area contributed by atoms with Crippen molar-refractivity contribution < 1.29 is 23.9 Å². The van der Waals surface area contributed by atoms with Gasteiger partial charge in [0.05, 0.1) is 0 Å². The van der Waals surface area contributed by atoms with Crippen molar-refractivity contribution in [3.8, 4) is 0 Å². The second-order valence-electron chi connectivity index (χ2n) is 0.513. The summed E-state index contributed by atoms with van der Waals surface area (Å²) >= 11 is 0. The maximum atomic E-state index is 8.88. The predicted octanol–water partition coefficient (Wildman–Crippen LogP) is -1.16. The third-order valence-corrected chi connectivity index (χ3v) is 0. The van der Waals surface area contributed by atoms with Crippen molar-refractivity contribution >= 4 is 16.2 Å². The molecule has 0 aliphatic carbocycles. The minimum Gasteiger partial charge on any atom is -0.303 e. The second kappa shape index (κ2) is 4.27. The molecule has 0 aliphatic rings. The van der Waals surface area contributed by atoms with Gasteiger partial charge in [0.25, 0.3) is 0 Å². The predicted molar refractivity (Wildman–Crippen MR) is 22.5 cm³/mol. The molecule has 0 fully saturated rings. The Morgan fingerprint density at radius 3 is 1.14 bits per heavy atom. The lowest BCUT2D eigenvalue weighted by Gasteiger charge is -1.82. The summed E-state index contributed by atoms with van der Waals surface area (Å²) < 4.78 is 8.88. The van der Waals surface area contributed by atoms with Gasteiger partial charge >= 0.3 is 7.82 Å². The summed E-state index contributed by atoms with van der Waals surface area (Å²) in [7, 11) is -4.64. The van der Waals surface area contributed by atoms with Gasteiger partial charge < -0.3 is 14.7 Å². The SMILES string of the molecule is F.O=P(O)(O)O.[B]. The van der Waals surface area contributed by atoms with Gasteiger partial charge in [0, 0.05) is 8.41 Å². The zero-order valence-electron chi connectivity index (χ0n) is 3.18. The lowest BCUT2D eigenvalue weighted by Crippen LogP contribution is -1.66. The monoisotopic (exact) mass is 129 g/mol. The Balaban J connectivity index is -0.0000000800. The van der Waals surface area contributed by atoms with E-state index in [-0.39, 0.29) is 13.1 Å². The number of rotatable bonds is 0. The molecule has 0 amide bonds. The van der Waals surface area contributed by atoms with Gasteiger partial charge in [-0.25, -0.2) is 4.57 Å². The van der Waals surface area contributed by atoms with Crippen molar-refractivity contribution in [1.29, 1.82) is 0 Å². The standard InChI is InChI=1S/B.FH.H3O4P/c;;1-5(2,3)4/h;1H;(H3,1,2,3,4). The molecule has 0 saturated heterocycles. The minimum absolute atomic E-state index is 0. The van der Waals surface area contributed by atoms with Crippen molar-refractivity contribution in [2.24, 2.45) is 0 Å². The van der Waals surface area contributed by atoms with Crippen LogP contribution in [-0.2, 0) is 4.57 Å². The second-order valence-corrected chi connectivity index (χ2v) is 1.54. The van der Waals surface area contributed by atoms with Crippen molar-refractivity contribution in [2.75, 3.05) is 0 Å². The largest absolute Gasteiger partial charge is 0.466 e. The van der Waals surface area contributed by atoms with Gasteiger partial charge in [0.2, 0.25) is 0 Å². The molecule has 0 rings (SSSR count). The summed E-state index contributed by atoms with van der Waals surface area (Å²) in [5, 5.41) is 0. The lowest BCUT2D eigenvalue weighted by molar-refractivity contribution is 0.275. The fraction of sp³-hybridized carbons (Fsp3) is 0. The van der Waals surface area contributed by atoms with Crippen LogP contribution in [0, 0.1) is 0 Å². The van der Waals surface area contributed by atoms with Crippen LogP contribution in [0.15, 0.2) is 0 Å². The number of halogens is 1. The van der Waals surface area contributed by atoms with Crippen LogP contribution in [0.4, 0.5) is 4.70 Å². The van der Waals surface area contributed by atoms with Crippen LogP contribution in [0.3, 0.4) is 0 Å². The van der Waals surface area contributed by atoms with E-state index in [2.05, 4.69) is 0 Å². The highest BCUT2D eigenvalue weighted by molar-refractivity contribution is 7.45. The van der Waals surface area contributed by atoms with E-state index >= 15 is 0 Å². The smallest absolute Gasteiger partial charge is 0.303 e. The molecular formula is H4BFO4P. The average molecular weight is 129 g/mol. The molecule has 0 aromatic rings. The first kappa shape index (κ1) is 15.7. The third kappa shape index (κ3) is 9340. The minimum atomic E-state index is -4.64. The van der Waals surface area contributed by atoms with E-state index < -0.39 is 7.82 Å². The van der Waals surface area contributed by atoms with Crippen LogP contribution < -0.4 is 0 Å². The molecule has 0 atom stereocenters. The van der Waals surface area contributed by atoms with Crippen LogP contribution in [0.25, 0.3) is 0 Å². The quantitative estimate of drug-likeness (QED) is 0.284. The average Bonchev–Trinajstić information content (AvgIpc) is 0.722. The number of hydrogen-bond donors (Lipinski definition) is 3. The molecule has 0 spiro atoms. The molecule has 0 aromatic heterocycles. The van der Waals surface area contributed by atoms with Gasteiger partial charge in [0.15, 0.2) is 0 Å². The van der Waals surface area contributed by atoms with E-state index in [9.17, 15) is 0 Å². The Kier molecular flexibility index (Phi) is 9.58. The van der Waals surface area contributed by atoms with Crippen LogP contribution in [0.5, 0.6) is 0 Å². The summed E-state index contributed by atoms with van der Waals surface area (Å²) in [5.74, 6) is 0. The topological polar surface area (TPSA) is 77.8 Å². The van der Waals surface area contributed by atoms with Crippen molar-refractivity contribution in [2.45, 2.75) is 0 Å². The molecule has 7 heteroatoms. The Morgan fingerprint density at radius 1 is 1.14 bits per heavy atom. The van der Waals surface area contributed by atoms with Crippen molar-refractivity contribution in [3.63, 3.8) is 0 Å². The first-order chi connectivity index (χ1) is 2.00. The summed E-state index contributed by atoms with van der Waals surface area (Å²) in [4.78, 5) is 21.6. The van der Waals surface area contributed by atoms with Crippen LogP contribution in [0.1, 0.15) is 0 Å². The van der Waals surface area contributed by atoms with Gasteiger partial charge in [-0.1, -0.05) is 0 Å². The lowest BCUT2D eigenvalue weighted by atomic mass is 10.8. The Hall–Kier alpha value is 0.105. The van der Waals surface area contributed by atoms with Crippen LogP contribution in [0.2, 0.25) is 0 Å². The van der Waals surface area contributed by atoms with Gasteiger partial charge in [-0.15, -0.1) is 0 Å². The molecule has 4 nitrogen and oxygen atoms in total. The zero-order valence-corrected chi connectivity index (χ0v) is 4.08. The summed E-state index contributed by atoms with van der Waals surface area (Å²) in [6.45, 7) is 0. The van der Waals surface area contributed by atoms with Gasteiger partial charge in [-0.05, 0) is 0 Å². The highest BCUT2D eigenvalue weighted by atomic mass is 31.2. The first-order valence-electron chi connectivity index (χ1n) is 0.783. The molecule has 0 unspecified atom stereocenters. The molecule has 0 bridgehead atoms. The Labute approximate surface area is 41.4 Å². The van der Waals surface area contributed by atoms with E-state index in [1.807, 2.05) is 0 Å². The molecule has 0 aromatic carbocycles. The van der Waals surface area contributed by atoms with Gasteiger partial charge in [-0.2, -0.15) is 0 Å². The van der Waals surface area contributed by atoms with E-state index in [0.29, 0.717) is 0 Å². The van der Waals surface area contributed by atoms with E-state index in [1.54, 1.807) is 0 Å². The Bertz CT molecular complexity index is 57.8. The molecular weight excluding hydrogens is 125 g/mol. The van der Waals surface area contributed by atoms with Crippen molar-refractivity contribution in [3.05, 3.63) is 0 Å². The maximum Gasteiger partial charge on any atom is 0.466 e. The molecule has 0 heterocycles. The normalized spacial score (nSPS) is 8.43. The molecule has 3 N–H and O–H groups in total. The highest BCUT2D eigenvalue weighted by Crippen LogP contribution is 2.25. The van der Waals surface area contributed by atoms with Crippen molar-refractivity contribution in [1.82, 2.24) is 0 Å². The highest BCUT2D eigenvalue weighted by Gasteiger charge is 2.00. The third-order valence-electron chi connectivity index (χ3n) is 0. The molecule has 0 saturated carbocycles. The van der Waals surface area contributed by atoms with Gasteiger partial charge in [-0.3, -0.25) is 4.70 Å². The van der Waals surface area contributed by atoms with Crippen LogP contribution in [-0.4, -0.2) is 23.1 Å². The summed E-state index contributed by atoms with van der Waals surface area (Å²) in [5.41, 5.74) is 0. The first-order valence-corrected chi connectivity index (χ1v) is 2.35. The molecule has 7 heavy (non-hydrogen) atoms. The molecule has 43 valence electrons. The Morgan fingerprint density at radius 2 is 1.14 bits per heavy atom. The number of hydrogen-bond acceptors (Lipinski definition) is 1. The van der Waals surface area contributed by atoms with Crippen LogP contribution >= 0.6 is 7.82 Å².